The minimum absolute atomic E-state index is 0.0617. The maximum absolute atomic E-state index is 13.3. The molecular weight excluding hydrogens is 488 g/mol. The summed E-state index contributed by atoms with van der Waals surface area (Å²) in [5, 5.41) is 11.1. The summed E-state index contributed by atoms with van der Waals surface area (Å²) in [5.74, 6) is -0.592. The van der Waals surface area contributed by atoms with Crippen LogP contribution < -0.4 is 4.72 Å². The van der Waals surface area contributed by atoms with E-state index < -0.39 is 28.0 Å². The van der Waals surface area contributed by atoms with Gasteiger partial charge in [0.15, 0.2) is 0 Å². The van der Waals surface area contributed by atoms with Gasteiger partial charge in [-0.1, -0.05) is 36.6 Å². The van der Waals surface area contributed by atoms with E-state index in [1.165, 1.54) is 11.0 Å². The van der Waals surface area contributed by atoms with Crippen molar-refractivity contribution in [3.63, 3.8) is 0 Å². The molecule has 0 spiro atoms. The minimum Gasteiger partial charge on any atom is -0.337 e. The molecule has 4 rings (SSSR count). The summed E-state index contributed by atoms with van der Waals surface area (Å²) in [5.41, 5.74) is 0. The van der Waals surface area contributed by atoms with Crippen molar-refractivity contribution in [2.24, 2.45) is 0 Å². The van der Waals surface area contributed by atoms with Crippen LogP contribution in [0.25, 0.3) is 10.8 Å². The first-order valence-electron chi connectivity index (χ1n) is 11.9. The lowest BCUT2D eigenvalue weighted by atomic mass is 10.1. The second-order valence-corrected chi connectivity index (χ2v) is 11.4. The zero-order valence-electron chi connectivity index (χ0n) is 19.6. The van der Waals surface area contributed by atoms with Gasteiger partial charge in [0.2, 0.25) is 21.8 Å². The second-order valence-electron chi connectivity index (χ2n) is 9.20. The third-order valence-corrected chi connectivity index (χ3v) is 8.66. The van der Waals surface area contributed by atoms with E-state index in [0.29, 0.717) is 11.6 Å². The van der Waals surface area contributed by atoms with E-state index in [0.717, 1.165) is 36.5 Å². The highest BCUT2D eigenvalue weighted by atomic mass is 35.5. The molecule has 1 aliphatic heterocycles. The molecule has 2 aromatic rings. The number of nitriles is 1. The lowest BCUT2D eigenvalue weighted by Gasteiger charge is -2.34. The van der Waals surface area contributed by atoms with Crippen LogP contribution in [0, 0.1) is 11.3 Å². The van der Waals surface area contributed by atoms with Crippen molar-refractivity contribution < 1.29 is 18.0 Å². The lowest BCUT2D eigenvalue weighted by Crippen LogP contribution is -2.52. The van der Waals surface area contributed by atoms with E-state index in [2.05, 4.69) is 10.8 Å². The van der Waals surface area contributed by atoms with Crippen LogP contribution in [0.5, 0.6) is 0 Å². The van der Waals surface area contributed by atoms with Crippen LogP contribution in [0.2, 0.25) is 5.02 Å². The highest BCUT2D eigenvalue weighted by Gasteiger charge is 2.41. The van der Waals surface area contributed by atoms with Gasteiger partial charge in [-0.15, -0.1) is 0 Å². The SMILES string of the molecule is CC(C(=O)N(CCC#N)C1CCCC1)N1CCC(NS(=O)(=O)c2ccc3cc(Cl)ccc3c2)C1=O. The molecule has 2 aromatic carbocycles. The van der Waals surface area contributed by atoms with Crippen molar-refractivity contribution in [3.05, 3.63) is 41.4 Å². The van der Waals surface area contributed by atoms with Gasteiger partial charge < -0.3 is 9.80 Å². The Hall–Kier alpha value is -2.67. The highest BCUT2D eigenvalue weighted by Crippen LogP contribution is 2.27. The summed E-state index contributed by atoms with van der Waals surface area (Å²) in [7, 11) is -3.95. The number of fused-ring (bicyclic) bond motifs is 1. The Morgan fingerprint density at radius 3 is 2.60 bits per heavy atom. The number of likely N-dealkylation sites (tertiary alicyclic amines) is 1. The standard InChI is InChI=1S/C25H29ClN4O4S/c1-17(24(31)30(13-4-12-27)21-5-2-3-6-21)29-14-11-23(25(29)32)28-35(33,34)22-10-8-18-15-20(26)9-7-19(18)16-22/h7-10,15-17,21,23,28H,2-6,11,13-14H2,1H3. The van der Waals surface area contributed by atoms with Gasteiger partial charge in [-0.2, -0.15) is 9.98 Å². The average Bonchev–Trinajstić information content (AvgIpc) is 3.49. The molecule has 2 aliphatic rings. The van der Waals surface area contributed by atoms with Crippen molar-refractivity contribution >= 4 is 44.2 Å². The van der Waals surface area contributed by atoms with E-state index in [9.17, 15) is 18.0 Å². The molecule has 0 bridgehead atoms. The fourth-order valence-corrected chi connectivity index (χ4v) is 6.48. The zero-order chi connectivity index (χ0) is 25.2. The quantitative estimate of drug-likeness (QED) is 0.577. The Labute approximate surface area is 210 Å². The van der Waals surface area contributed by atoms with Crippen LogP contribution in [-0.4, -0.2) is 61.2 Å². The van der Waals surface area contributed by atoms with Crippen LogP contribution in [-0.2, 0) is 19.6 Å². The molecule has 2 unspecified atom stereocenters. The van der Waals surface area contributed by atoms with Gasteiger partial charge in [-0.05, 0) is 61.2 Å². The first-order chi connectivity index (χ1) is 16.7. The molecular formula is C25H29ClN4O4S. The molecule has 1 saturated heterocycles. The van der Waals surface area contributed by atoms with E-state index >= 15 is 0 Å². The number of halogens is 1. The van der Waals surface area contributed by atoms with E-state index in [4.69, 9.17) is 16.9 Å². The molecule has 2 fully saturated rings. The number of hydrogen-bond acceptors (Lipinski definition) is 5. The summed E-state index contributed by atoms with van der Waals surface area (Å²) in [4.78, 5) is 29.7. The smallest absolute Gasteiger partial charge is 0.245 e. The van der Waals surface area contributed by atoms with Crippen LogP contribution in [0.15, 0.2) is 41.3 Å². The largest absolute Gasteiger partial charge is 0.337 e. The number of amides is 2. The normalized spacial score (nSPS) is 19.7. The molecule has 8 nitrogen and oxygen atoms in total. The molecule has 0 radical (unpaired) electrons. The molecule has 2 amide bonds. The number of benzene rings is 2. The summed E-state index contributed by atoms with van der Waals surface area (Å²) < 4.78 is 28.6. The Kier molecular flexibility index (Phi) is 7.64. The van der Waals surface area contributed by atoms with Crippen LogP contribution in [0.1, 0.15) is 45.4 Å². The first kappa shape index (κ1) is 25.4. The summed E-state index contributed by atoms with van der Waals surface area (Å²) in [6.07, 6.45) is 4.41. The number of carbonyl (C=O) groups excluding carboxylic acids is 2. The van der Waals surface area contributed by atoms with Crippen molar-refractivity contribution in [2.45, 2.75) is 68.5 Å². The third-order valence-electron chi connectivity index (χ3n) is 6.96. The fraction of sp³-hybridized carbons (Fsp3) is 0.480. The third kappa shape index (κ3) is 5.45. The first-order valence-corrected chi connectivity index (χ1v) is 13.8. The van der Waals surface area contributed by atoms with Crippen molar-refractivity contribution in [2.75, 3.05) is 13.1 Å². The maximum Gasteiger partial charge on any atom is 0.245 e. The lowest BCUT2D eigenvalue weighted by molar-refractivity contribution is -0.144. The number of sulfonamides is 1. The van der Waals surface area contributed by atoms with Crippen LogP contribution in [0.4, 0.5) is 0 Å². The van der Waals surface area contributed by atoms with Gasteiger partial charge in [0.05, 0.1) is 17.4 Å². The second kappa shape index (κ2) is 10.5. The predicted octanol–water partition coefficient (Wildman–Crippen LogP) is 3.45. The molecule has 1 N–H and O–H groups in total. The van der Waals surface area contributed by atoms with Crippen molar-refractivity contribution in [3.8, 4) is 6.07 Å². The molecule has 2 atom stereocenters. The van der Waals surface area contributed by atoms with Crippen molar-refractivity contribution in [1.82, 2.24) is 14.5 Å². The van der Waals surface area contributed by atoms with Crippen LogP contribution >= 0.6 is 11.6 Å². The zero-order valence-corrected chi connectivity index (χ0v) is 21.2. The molecule has 1 heterocycles. The van der Waals surface area contributed by atoms with E-state index in [-0.39, 0.29) is 36.2 Å². The molecule has 1 aliphatic carbocycles. The number of rotatable bonds is 8. The van der Waals surface area contributed by atoms with Gasteiger partial charge in [0, 0.05) is 24.2 Å². The molecule has 10 heteroatoms. The van der Waals surface area contributed by atoms with Crippen LogP contribution in [0.3, 0.4) is 0 Å². The summed E-state index contributed by atoms with van der Waals surface area (Å²) in [6.45, 7) is 2.31. The van der Waals surface area contributed by atoms with Gasteiger partial charge >= 0.3 is 0 Å². The van der Waals surface area contributed by atoms with E-state index in [1.807, 2.05) is 0 Å². The molecule has 186 valence electrons. The molecule has 1 saturated carbocycles. The van der Waals surface area contributed by atoms with Crippen molar-refractivity contribution in [1.29, 1.82) is 5.26 Å². The van der Waals surface area contributed by atoms with Gasteiger partial charge in [-0.25, -0.2) is 8.42 Å². The Morgan fingerprint density at radius 1 is 1.20 bits per heavy atom. The Balaban J connectivity index is 1.46. The van der Waals surface area contributed by atoms with E-state index in [1.54, 1.807) is 42.2 Å². The predicted molar refractivity (Wildman–Crippen MR) is 133 cm³/mol. The highest BCUT2D eigenvalue weighted by molar-refractivity contribution is 7.89. The molecule has 35 heavy (non-hydrogen) atoms. The number of hydrogen-bond donors (Lipinski definition) is 1. The fourth-order valence-electron chi connectivity index (χ4n) is 5.05. The van der Waals surface area contributed by atoms with Gasteiger partial charge in [0.25, 0.3) is 0 Å². The number of nitrogens with zero attached hydrogens (tertiary/aromatic N) is 3. The maximum atomic E-state index is 13.3. The number of carbonyl (C=O) groups is 2. The topological polar surface area (TPSA) is 111 Å². The Morgan fingerprint density at radius 2 is 1.89 bits per heavy atom. The number of nitrogens with one attached hydrogen (secondary N) is 1. The average molecular weight is 517 g/mol. The van der Waals surface area contributed by atoms with Gasteiger partial charge in [-0.3, -0.25) is 9.59 Å². The molecule has 0 aromatic heterocycles. The minimum atomic E-state index is -3.95. The summed E-state index contributed by atoms with van der Waals surface area (Å²) in [6, 6.07) is 10.4. The Bertz CT molecular complexity index is 1270. The monoisotopic (exact) mass is 516 g/mol. The summed E-state index contributed by atoms with van der Waals surface area (Å²) >= 11 is 6.01. The van der Waals surface area contributed by atoms with Gasteiger partial charge in [0.1, 0.15) is 12.1 Å².